The first-order valence-electron chi connectivity index (χ1n) is 2.37. The van der Waals surface area contributed by atoms with E-state index in [2.05, 4.69) is 4.52 Å². The molecule has 0 aromatic heterocycles. The maximum absolute atomic E-state index is 10.5. The smallest absolute Gasteiger partial charge is 0.349 e. The summed E-state index contributed by atoms with van der Waals surface area (Å²) in [6.45, 7) is 0. The third kappa shape index (κ3) is 0.601. The van der Waals surface area contributed by atoms with Crippen LogP contribution >= 0.6 is 16.1 Å². The molecule has 10 heavy (non-hydrogen) atoms. The number of carbonyl (C=O) groups excluding carboxylic acids is 1. The van der Waals surface area contributed by atoms with Crippen molar-refractivity contribution in [2.75, 3.05) is 0 Å². The molecule has 0 radical (unpaired) electrons. The Kier molecular flexibility index (Phi) is 1.12. The highest BCUT2D eigenvalue weighted by Crippen LogP contribution is 2.70. The van der Waals surface area contributed by atoms with Crippen molar-refractivity contribution in [1.82, 2.24) is 0 Å². The van der Waals surface area contributed by atoms with Crippen LogP contribution < -0.4 is 4.89 Å². The second-order valence-electron chi connectivity index (χ2n) is 1.94. The molecule has 2 heterocycles. The third-order valence-corrected chi connectivity index (χ3v) is 3.96. The monoisotopic (exact) mass is 180 g/mol. The summed E-state index contributed by atoms with van der Waals surface area (Å²) in [5.74, 6) is 0. The van der Waals surface area contributed by atoms with Gasteiger partial charge in [0.25, 0.3) is 13.3 Å². The summed E-state index contributed by atoms with van der Waals surface area (Å²) in [5, 5.41) is 7.20. The molecule has 2 rings (SSSR count). The van der Waals surface area contributed by atoms with Crippen molar-refractivity contribution in [2.24, 2.45) is 0 Å². The van der Waals surface area contributed by atoms with Crippen LogP contribution in [0.1, 0.15) is 0 Å². The lowest BCUT2D eigenvalue weighted by Crippen LogP contribution is -2.16. The Morgan fingerprint density at radius 2 is 2.20 bits per heavy atom. The van der Waals surface area contributed by atoms with Crippen LogP contribution in [0.5, 0.6) is 0 Å². The number of rotatable bonds is 1. The van der Waals surface area contributed by atoms with Crippen molar-refractivity contribution in [3.05, 3.63) is 0 Å². The molecule has 5 nitrogen and oxygen atoms in total. The summed E-state index contributed by atoms with van der Waals surface area (Å²) in [6.07, 6.45) is 0. The standard InChI is InChI=1S/C3H2O5P2/c4-1-3(5,9(1)6)2-8-10(2)7/h5-6H. The summed E-state index contributed by atoms with van der Waals surface area (Å²) >= 11 is 0. The molecular weight excluding hydrogens is 178 g/mol. The van der Waals surface area contributed by atoms with Gasteiger partial charge in [-0.05, 0) is 0 Å². The Morgan fingerprint density at radius 1 is 1.80 bits per heavy atom. The average molecular weight is 180 g/mol. The van der Waals surface area contributed by atoms with Gasteiger partial charge in [-0.25, -0.2) is 0 Å². The zero-order chi connectivity index (χ0) is 7.52. The number of hydrogen-bond donors (Lipinski definition) is 2. The zero-order valence-corrected chi connectivity index (χ0v) is 6.30. The molecule has 0 aromatic carbocycles. The van der Waals surface area contributed by atoms with Crippen LogP contribution in [0.25, 0.3) is 0 Å². The second-order valence-corrected chi connectivity index (χ2v) is 4.72. The molecule has 0 bridgehead atoms. The lowest BCUT2D eigenvalue weighted by molar-refractivity contribution is -0.159. The molecule has 7 heteroatoms. The molecule has 0 amide bonds. The predicted molar refractivity (Wildman–Crippen MR) is 32.1 cm³/mol. The van der Waals surface area contributed by atoms with Crippen molar-refractivity contribution >= 4 is 27.2 Å². The minimum absolute atomic E-state index is 0.152. The van der Waals surface area contributed by atoms with Crippen molar-refractivity contribution in [3.8, 4) is 0 Å². The Bertz CT molecular complexity index is 260. The van der Waals surface area contributed by atoms with E-state index < -0.39 is 27.0 Å². The van der Waals surface area contributed by atoms with Crippen LogP contribution in [-0.2, 0) is 9.32 Å². The van der Waals surface area contributed by atoms with E-state index in [1.54, 1.807) is 0 Å². The zero-order valence-electron chi connectivity index (χ0n) is 4.51. The predicted octanol–water partition coefficient (Wildman–Crippen LogP) is -1.56. The van der Waals surface area contributed by atoms with Gasteiger partial charge < -0.3 is 14.9 Å². The highest BCUT2D eigenvalue weighted by Gasteiger charge is 2.77. The number of carbonyl (C=O) groups is 1. The Morgan fingerprint density at radius 3 is 2.30 bits per heavy atom. The molecule has 3 atom stereocenters. The van der Waals surface area contributed by atoms with Gasteiger partial charge in [-0.1, -0.05) is 4.52 Å². The molecule has 2 N–H and O–H groups in total. The van der Waals surface area contributed by atoms with Crippen LogP contribution in [-0.4, -0.2) is 26.3 Å². The molecule has 0 aromatic rings. The molecule has 2 aliphatic heterocycles. The van der Waals surface area contributed by atoms with Crippen LogP contribution in [0, 0.1) is 0 Å². The number of hydrogen-bond acceptors (Lipinski definition) is 5. The molecule has 54 valence electrons. The minimum atomic E-state index is -2.01. The van der Waals surface area contributed by atoms with Crippen LogP contribution in [0.3, 0.4) is 0 Å². The van der Waals surface area contributed by atoms with E-state index in [-0.39, 0.29) is 5.48 Å². The molecule has 1 saturated heterocycles. The first-order chi connectivity index (χ1) is 4.58. The lowest BCUT2D eigenvalue weighted by Gasteiger charge is -1.84. The van der Waals surface area contributed by atoms with Gasteiger partial charge in [0, 0.05) is 0 Å². The van der Waals surface area contributed by atoms with E-state index in [1.165, 1.54) is 0 Å². The van der Waals surface area contributed by atoms with Crippen LogP contribution in [0.15, 0.2) is 0 Å². The Labute approximate surface area is 57.6 Å². The molecule has 0 saturated carbocycles. The fraction of sp³-hybridized carbons (Fsp3) is 0.333. The molecule has 3 unspecified atom stereocenters. The van der Waals surface area contributed by atoms with E-state index in [0.717, 1.165) is 0 Å². The van der Waals surface area contributed by atoms with Gasteiger partial charge in [0.2, 0.25) is 5.52 Å². The Hall–Kier alpha value is 0.110. The highest BCUT2D eigenvalue weighted by molar-refractivity contribution is 7.88. The highest BCUT2D eigenvalue weighted by atomic mass is 31.2. The number of aliphatic hydroxyl groups is 1. The first kappa shape index (κ1) is 6.80. The van der Waals surface area contributed by atoms with E-state index in [1.807, 2.05) is 0 Å². The van der Waals surface area contributed by atoms with Crippen molar-refractivity contribution < 1.29 is 24.2 Å². The third-order valence-electron chi connectivity index (χ3n) is 1.35. The van der Waals surface area contributed by atoms with E-state index >= 15 is 0 Å². The topological polar surface area (TPSA) is 93.1 Å². The summed E-state index contributed by atoms with van der Waals surface area (Å²) in [4.78, 5) is 29.5. The minimum Gasteiger partial charge on any atom is -0.600 e. The first-order valence-corrected chi connectivity index (χ1v) is 4.84. The molecular formula is C3H2O5P2. The Balaban J connectivity index is 2.29. The SMILES string of the molecule is O=C1P(O)C1(O)C1=[P+]([O-])O1. The van der Waals surface area contributed by atoms with E-state index in [9.17, 15) is 9.69 Å². The molecule has 2 aliphatic rings. The van der Waals surface area contributed by atoms with Gasteiger partial charge >= 0.3 is 5.48 Å². The van der Waals surface area contributed by atoms with Gasteiger partial charge in [0.05, 0.1) is 0 Å². The maximum atomic E-state index is 10.5. The maximum Gasteiger partial charge on any atom is 0.349 e. The normalized spacial score (nSPS) is 47.9. The molecule has 0 spiro atoms. The molecule has 0 aliphatic carbocycles. The molecule has 1 fully saturated rings. The van der Waals surface area contributed by atoms with E-state index in [0.29, 0.717) is 0 Å². The van der Waals surface area contributed by atoms with Crippen molar-refractivity contribution in [3.63, 3.8) is 0 Å². The largest absolute Gasteiger partial charge is 0.600 e. The second kappa shape index (κ2) is 1.64. The summed E-state index contributed by atoms with van der Waals surface area (Å²) in [7, 11) is -3.97. The van der Waals surface area contributed by atoms with E-state index in [4.69, 9.17) is 10.00 Å². The van der Waals surface area contributed by atoms with Crippen molar-refractivity contribution in [1.29, 1.82) is 0 Å². The summed E-state index contributed by atoms with van der Waals surface area (Å²) in [5.41, 5.74) is -0.820. The fourth-order valence-corrected chi connectivity index (χ4v) is 2.91. The van der Waals surface area contributed by atoms with Gasteiger partial charge in [-0.3, -0.25) is 4.79 Å². The van der Waals surface area contributed by atoms with Crippen LogP contribution in [0.2, 0.25) is 0 Å². The van der Waals surface area contributed by atoms with Gasteiger partial charge in [0.1, 0.15) is 0 Å². The van der Waals surface area contributed by atoms with Gasteiger partial charge in [-0.15, -0.1) is 0 Å². The summed E-state index contributed by atoms with van der Waals surface area (Å²) in [6, 6.07) is 0. The van der Waals surface area contributed by atoms with Crippen LogP contribution in [0.4, 0.5) is 0 Å². The quantitative estimate of drug-likeness (QED) is 0.475. The van der Waals surface area contributed by atoms with Gasteiger partial charge in [-0.2, -0.15) is 0 Å². The van der Waals surface area contributed by atoms with Crippen molar-refractivity contribution in [2.45, 2.75) is 5.34 Å². The average Bonchev–Trinajstić information content (AvgIpc) is 2.71. The summed E-state index contributed by atoms with van der Waals surface area (Å²) < 4.78 is 4.30. The van der Waals surface area contributed by atoms with Gasteiger partial charge in [0.15, 0.2) is 8.15 Å². The lowest BCUT2D eigenvalue weighted by atomic mass is 10.4. The fourth-order valence-electron chi connectivity index (χ4n) is 0.640.